The number of carbonyl (C=O) groups excluding carboxylic acids is 1. The summed E-state index contributed by atoms with van der Waals surface area (Å²) in [4.78, 5) is 20.1. The van der Waals surface area contributed by atoms with Crippen LogP contribution in [0.3, 0.4) is 0 Å². The van der Waals surface area contributed by atoms with E-state index in [1.54, 1.807) is 0 Å². The van der Waals surface area contributed by atoms with Gasteiger partial charge in [-0.3, -0.25) is 4.79 Å². The van der Waals surface area contributed by atoms with Gasteiger partial charge in [-0.05, 0) is 61.1 Å². The molecule has 1 atom stereocenters. The van der Waals surface area contributed by atoms with Gasteiger partial charge in [-0.2, -0.15) is 0 Å². The minimum Gasteiger partial charge on any atom is -0.493 e. The molecule has 190 valence electrons. The van der Waals surface area contributed by atoms with Crippen LogP contribution in [0.4, 0.5) is 5.69 Å². The molecule has 0 radical (unpaired) electrons. The number of aryl methyl sites for hydroxylation is 2. The lowest BCUT2D eigenvalue weighted by atomic mass is 10.1. The van der Waals surface area contributed by atoms with Crippen molar-refractivity contribution in [3.05, 3.63) is 102 Å². The highest BCUT2D eigenvalue weighted by atomic mass is 16.5. The number of para-hydroxylation sites is 4. The Morgan fingerprint density at radius 2 is 1.76 bits per heavy atom. The SMILES string of the molecule is C=CCc1ccccc1OCCCCn1c(C2CC(=O)N(c3ccccc3CC)C2)nc2ccccc21. The number of aromatic nitrogens is 2. The highest BCUT2D eigenvalue weighted by molar-refractivity contribution is 5.97. The minimum absolute atomic E-state index is 0.0758. The molecule has 4 aromatic rings. The maximum atomic E-state index is 13.1. The first-order valence-electron chi connectivity index (χ1n) is 13.3. The van der Waals surface area contributed by atoms with Crippen molar-refractivity contribution in [3.8, 4) is 5.75 Å². The number of fused-ring (bicyclic) bond motifs is 1. The zero-order valence-corrected chi connectivity index (χ0v) is 21.6. The second-order valence-electron chi connectivity index (χ2n) is 9.65. The maximum Gasteiger partial charge on any atom is 0.227 e. The number of hydrogen-bond acceptors (Lipinski definition) is 3. The van der Waals surface area contributed by atoms with Gasteiger partial charge in [-0.1, -0.05) is 61.5 Å². The Hall–Kier alpha value is -3.86. The average Bonchev–Trinajstić information content (AvgIpc) is 3.50. The lowest BCUT2D eigenvalue weighted by Gasteiger charge is -2.20. The lowest BCUT2D eigenvalue weighted by molar-refractivity contribution is -0.117. The number of ether oxygens (including phenoxy) is 1. The first kappa shape index (κ1) is 24.8. The van der Waals surface area contributed by atoms with Crippen LogP contribution in [0.15, 0.2) is 85.5 Å². The van der Waals surface area contributed by atoms with Gasteiger partial charge in [0.15, 0.2) is 0 Å². The number of carbonyl (C=O) groups is 1. The van der Waals surface area contributed by atoms with E-state index in [0.29, 0.717) is 19.6 Å². The van der Waals surface area contributed by atoms with Crippen LogP contribution in [0.1, 0.15) is 49.1 Å². The molecular weight excluding hydrogens is 458 g/mol. The predicted molar refractivity (Wildman–Crippen MR) is 150 cm³/mol. The third-order valence-electron chi connectivity index (χ3n) is 7.21. The van der Waals surface area contributed by atoms with E-state index in [1.165, 1.54) is 11.1 Å². The third-order valence-corrected chi connectivity index (χ3v) is 7.21. The summed E-state index contributed by atoms with van der Waals surface area (Å²) in [5.74, 6) is 2.21. The summed E-state index contributed by atoms with van der Waals surface area (Å²) < 4.78 is 8.43. The number of amides is 1. The number of hydrogen-bond donors (Lipinski definition) is 0. The van der Waals surface area contributed by atoms with Crippen LogP contribution in [0.5, 0.6) is 5.75 Å². The van der Waals surface area contributed by atoms with Gasteiger partial charge in [0, 0.05) is 31.1 Å². The number of anilines is 1. The summed E-state index contributed by atoms with van der Waals surface area (Å²) in [5, 5.41) is 0. The molecule has 0 aliphatic carbocycles. The molecule has 1 aliphatic rings. The Kier molecular flexibility index (Phi) is 7.69. The first-order valence-corrected chi connectivity index (χ1v) is 13.3. The Morgan fingerprint density at radius 1 is 1.00 bits per heavy atom. The highest BCUT2D eigenvalue weighted by Crippen LogP contribution is 2.35. The summed E-state index contributed by atoms with van der Waals surface area (Å²) >= 11 is 0. The van der Waals surface area contributed by atoms with Gasteiger partial charge in [0.25, 0.3) is 0 Å². The Balaban J connectivity index is 1.29. The first-order chi connectivity index (χ1) is 18.2. The lowest BCUT2D eigenvalue weighted by Crippen LogP contribution is -2.25. The number of allylic oxidation sites excluding steroid dienone is 1. The second-order valence-corrected chi connectivity index (χ2v) is 9.65. The quantitative estimate of drug-likeness (QED) is 0.172. The van der Waals surface area contributed by atoms with Gasteiger partial charge in [-0.15, -0.1) is 6.58 Å². The molecule has 0 spiro atoms. The van der Waals surface area contributed by atoms with E-state index in [4.69, 9.17) is 9.72 Å². The van der Waals surface area contributed by atoms with Crippen molar-refractivity contribution in [1.82, 2.24) is 9.55 Å². The zero-order chi connectivity index (χ0) is 25.6. The molecule has 0 N–H and O–H groups in total. The van der Waals surface area contributed by atoms with E-state index in [9.17, 15) is 4.79 Å². The molecule has 3 aromatic carbocycles. The Bertz CT molecular complexity index is 1390. The fraction of sp³-hybridized carbons (Fsp3) is 0.312. The number of benzene rings is 3. The Labute approximate surface area is 219 Å². The van der Waals surface area contributed by atoms with Crippen molar-refractivity contribution < 1.29 is 9.53 Å². The molecule has 0 bridgehead atoms. The van der Waals surface area contributed by atoms with E-state index < -0.39 is 0 Å². The van der Waals surface area contributed by atoms with E-state index >= 15 is 0 Å². The summed E-state index contributed by atoms with van der Waals surface area (Å²) in [5.41, 5.74) is 5.54. The van der Waals surface area contributed by atoms with Crippen LogP contribution in [0, 0.1) is 0 Å². The molecule has 1 saturated heterocycles. The van der Waals surface area contributed by atoms with Crippen molar-refractivity contribution in [2.24, 2.45) is 0 Å². The fourth-order valence-electron chi connectivity index (χ4n) is 5.35. The van der Waals surface area contributed by atoms with E-state index in [2.05, 4.69) is 54.5 Å². The van der Waals surface area contributed by atoms with Gasteiger partial charge >= 0.3 is 0 Å². The molecule has 1 aliphatic heterocycles. The van der Waals surface area contributed by atoms with Crippen molar-refractivity contribution in [3.63, 3.8) is 0 Å². The van der Waals surface area contributed by atoms with Crippen molar-refractivity contribution in [2.75, 3.05) is 18.1 Å². The summed E-state index contributed by atoms with van der Waals surface area (Å²) in [6, 6.07) is 24.7. The topological polar surface area (TPSA) is 47.4 Å². The summed E-state index contributed by atoms with van der Waals surface area (Å²) in [7, 11) is 0. The van der Waals surface area contributed by atoms with Crippen molar-refractivity contribution >= 4 is 22.6 Å². The molecule has 5 rings (SSSR count). The van der Waals surface area contributed by atoms with Crippen LogP contribution in [-0.2, 0) is 24.2 Å². The van der Waals surface area contributed by atoms with Gasteiger partial charge in [-0.25, -0.2) is 4.98 Å². The van der Waals surface area contributed by atoms with Crippen LogP contribution >= 0.6 is 0 Å². The van der Waals surface area contributed by atoms with Gasteiger partial charge in [0.2, 0.25) is 5.91 Å². The molecule has 5 heteroatoms. The molecule has 5 nitrogen and oxygen atoms in total. The summed E-state index contributed by atoms with van der Waals surface area (Å²) in [6.45, 7) is 8.17. The molecule has 1 fully saturated rings. The van der Waals surface area contributed by atoms with Gasteiger partial charge < -0.3 is 14.2 Å². The largest absolute Gasteiger partial charge is 0.493 e. The monoisotopic (exact) mass is 493 g/mol. The fourth-order valence-corrected chi connectivity index (χ4v) is 5.35. The molecule has 1 unspecified atom stereocenters. The van der Waals surface area contributed by atoms with E-state index in [1.807, 2.05) is 47.4 Å². The minimum atomic E-state index is 0.0758. The second kappa shape index (κ2) is 11.5. The average molecular weight is 494 g/mol. The van der Waals surface area contributed by atoms with E-state index in [-0.39, 0.29) is 11.8 Å². The zero-order valence-electron chi connectivity index (χ0n) is 21.6. The third kappa shape index (κ3) is 5.31. The Morgan fingerprint density at radius 3 is 2.59 bits per heavy atom. The predicted octanol–water partition coefficient (Wildman–Crippen LogP) is 6.71. The van der Waals surface area contributed by atoms with Crippen LogP contribution in [0.2, 0.25) is 0 Å². The molecule has 37 heavy (non-hydrogen) atoms. The summed E-state index contributed by atoms with van der Waals surface area (Å²) in [6.07, 6.45) is 6.02. The van der Waals surface area contributed by atoms with Crippen molar-refractivity contribution in [2.45, 2.75) is 51.5 Å². The molecule has 1 amide bonds. The standard InChI is InChI=1S/C32H35N3O2/c1-3-13-25-15-6-10-19-30(25)37-21-12-11-20-34-29-18-9-7-16-27(29)33-32(34)26-22-31(36)35(23-26)28-17-8-5-14-24(28)4-2/h3,5-10,14-19,26H,1,4,11-13,20-23H2,2H3. The van der Waals surface area contributed by atoms with Gasteiger partial charge in [0.1, 0.15) is 11.6 Å². The van der Waals surface area contributed by atoms with Gasteiger partial charge in [0.05, 0.1) is 17.6 Å². The maximum absolute atomic E-state index is 13.1. The number of imidazole rings is 1. The number of nitrogens with zero attached hydrogens (tertiary/aromatic N) is 3. The highest BCUT2D eigenvalue weighted by Gasteiger charge is 2.35. The smallest absolute Gasteiger partial charge is 0.227 e. The molecular formula is C32H35N3O2. The van der Waals surface area contributed by atoms with Crippen molar-refractivity contribution in [1.29, 1.82) is 0 Å². The van der Waals surface area contributed by atoms with Crippen LogP contribution in [0.25, 0.3) is 11.0 Å². The number of unbranched alkanes of at least 4 members (excludes halogenated alkanes) is 1. The normalized spacial score (nSPS) is 15.4. The van der Waals surface area contributed by atoms with Crippen LogP contribution in [-0.4, -0.2) is 28.6 Å². The molecule has 0 saturated carbocycles. The molecule has 2 heterocycles. The number of rotatable bonds is 11. The van der Waals surface area contributed by atoms with Crippen LogP contribution < -0.4 is 9.64 Å². The van der Waals surface area contributed by atoms with E-state index in [0.717, 1.165) is 60.5 Å². The molecule has 1 aromatic heterocycles.